The summed E-state index contributed by atoms with van der Waals surface area (Å²) in [4.78, 5) is -0.844. The summed E-state index contributed by atoms with van der Waals surface area (Å²) < 4.78 is 51.4. The zero-order valence-electron chi connectivity index (χ0n) is 13.5. The van der Waals surface area contributed by atoms with Crippen molar-refractivity contribution in [3.63, 3.8) is 0 Å². The lowest BCUT2D eigenvalue weighted by atomic mass is 10.3. The van der Waals surface area contributed by atoms with Gasteiger partial charge in [-0.15, -0.1) is 0 Å². The fourth-order valence-corrected chi connectivity index (χ4v) is 3.54. The van der Waals surface area contributed by atoms with Crippen LogP contribution in [0.25, 0.3) is 0 Å². The molecule has 0 fully saturated rings. The van der Waals surface area contributed by atoms with Gasteiger partial charge in [-0.1, -0.05) is 0 Å². The number of primary sulfonamides is 2. The molecule has 26 heavy (non-hydrogen) atoms. The van der Waals surface area contributed by atoms with Gasteiger partial charge in [0.1, 0.15) is 10.6 Å². The number of rotatable bonds is 5. The summed E-state index contributed by atoms with van der Waals surface area (Å²) in [6, 6.07) is 10.0. The van der Waals surface area contributed by atoms with Crippen LogP contribution in [0.15, 0.2) is 52.3 Å². The first-order valence-electron chi connectivity index (χ1n) is 6.92. The Hall–Kier alpha value is -2.25. The highest BCUT2D eigenvalue weighted by Crippen LogP contribution is 2.24. The van der Waals surface area contributed by atoms with Crippen LogP contribution in [0.3, 0.4) is 0 Å². The number of sulfonamides is 2. The summed E-state index contributed by atoms with van der Waals surface area (Å²) >= 11 is 5.14. The molecule has 0 saturated carbocycles. The minimum atomic E-state index is -4.23. The van der Waals surface area contributed by atoms with Crippen molar-refractivity contribution in [2.75, 3.05) is 17.7 Å². The number of thiocarbonyl (C=S) groups is 1. The third-order valence-corrected chi connectivity index (χ3v) is 5.25. The Morgan fingerprint density at radius 3 is 2.08 bits per heavy atom. The minimum absolute atomic E-state index is 0.00547. The molecule has 0 aromatic heterocycles. The maximum atomic E-state index is 11.8. The molecular formula is C14H16N4O5S3. The van der Waals surface area contributed by atoms with E-state index in [4.69, 9.17) is 27.2 Å². The van der Waals surface area contributed by atoms with E-state index in [0.29, 0.717) is 11.4 Å². The van der Waals surface area contributed by atoms with Crippen LogP contribution in [0, 0.1) is 0 Å². The Morgan fingerprint density at radius 2 is 1.58 bits per heavy atom. The zero-order valence-corrected chi connectivity index (χ0v) is 15.9. The highest BCUT2D eigenvalue weighted by molar-refractivity contribution is 7.90. The molecule has 12 heteroatoms. The number of hydrogen-bond donors (Lipinski definition) is 4. The molecule has 0 aliphatic rings. The van der Waals surface area contributed by atoms with Gasteiger partial charge >= 0.3 is 0 Å². The number of methoxy groups -OCH3 is 1. The predicted molar refractivity (Wildman–Crippen MR) is 102 cm³/mol. The van der Waals surface area contributed by atoms with Gasteiger partial charge in [0.25, 0.3) is 0 Å². The lowest BCUT2D eigenvalue weighted by Crippen LogP contribution is -2.23. The van der Waals surface area contributed by atoms with Gasteiger partial charge in [-0.3, -0.25) is 0 Å². The number of nitrogens with one attached hydrogen (secondary N) is 2. The summed E-state index contributed by atoms with van der Waals surface area (Å²) in [6.45, 7) is 0. The fraction of sp³-hybridized carbons (Fsp3) is 0.0714. The van der Waals surface area contributed by atoms with Crippen molar-refractivity contribution >= 4 is 48.8 Å². The van der Waals surface area contributed by atoms with Crippen LogP contribution in [-0.4, -0.2) is 29.1 Å². The lowest BCUT2D eigenvalue weighted by molar-refractivity contribution is 0.415. The van der Waals surface area contributed by atoms with Gasteiger partial charge in [-0.25, -0.2) is 27.1 Å². The van der Waals surface area contributed by atoms with Crippen LogP contribution in [0.1, 0.15) is 0 Å². The molecule has 2 rings (SSSR count). The molecule has 0 radical (unpaired) electrons. The molecule has 2 aromatic rings. The van der Waals surface area contributed by atoms with Crippen LogP contribution < -0.4 is 25.6 Å². The standard InChI is InChI=1S/C14H16N4O5S3/c1-23-10-4-2-9(3-5-10)17-14(24)18-12-7-6-11(25(15,19)20)8-13(12)26(16,21)22/h2-8H,1H3,(H2,15,19,20)(H2,16,21,22)(H2,17,18,24). The van der Waals surface area contributed by atoms with Crippen LogP contribution >= 0.6 is 12.2 Å². The average Bonchev–Trinajstić information content (AvgIpc) is 2.53. The van der Waals surface area contributed by atoms with Crippen LogP contribution in [0.2, 0.25) is 0 Å². The Labute approximate surface area is 156 Å². The number of anilines is 2. The molecule has 0 amide bonds. The van der Waals surface area contributed by atoms with Crippen LogP contribution in [-0.2, 0) is 20.0 Å². The first-order chi connectivity index (χ1) is 12.0. The highest BCUT2D eigenvalue weighted by atomic mass is 32.2. The third kappa shape index (κ3) is 5.12. The Bertz CT molecular complexity index is 1030. The topological polar surface area (TPSA) is 154 Å². The molecule has 0 aliphatic heterocycles. The largest absolute Gasteiger partial charge is 0.497 e. The van der Waals surface area contributed by atoms with E-state index in [1.165, 1.54) is 13.2 Å². The van der Waals surface area contributed by atoms with E-state index in [1.807, 2.05) is 0 Å². The molecule has 2 aromatic carbocycles. The summed E-state index contributed by atoms with van der Waals surface area (Å²) in [6.07, 6.45) is 0. The summed E-state index contributed by atoms with van der Waals surface area (Å²) in [7, 11) is -6.79. The van der Waals surface area contributed by atoms with Gasteiger partial charge < -0.3 is 15.4 Å². The van der Waals surface area contributed by atoms with E-state index >= 15 is 0 Å². The first-order valence-corrected chi connectivity index (χ1v) is 10.4. The fourth-order valence-electron chi connectivity index (χ4n) is 1.98. The molecule has 140 valence electrons. The molecule has 6 N–H and O–H groups in total. The van der Waals surface area contributed by atoms with Crippen molar-refractivity contribution in [1.82, 2.24) is 0 Å². The van der Waals surface area contributed by atoms with Gasteiger partial charge in [0, 0.05) is 5.69 Å². The van der Waals surface area contributed by atoms with Gasteiger partial charge in [0.2, 0.25) is 20.0 Å². The van der Waals surface area contributed by atoms with Crippen molar-refractivity contribution < 1.29 is 21.6 Å². The molecular weight excluding hydrogens is 400 g/mol. The van der Waals surface area contributed by atoms with E-state index in [-0.39, 0.29) is 15.7 Å². The van der Waals surface area contributed by atoms with Crippen molar-refractivity contribution in [1.29, 1.82) is 0 Å². The number of benzene rings is 2. The van der Waals surface area contributed by atoms with Crippen molar-refractivity contribution in [2.45, 2.75) is 9.79 Å². The second kappa shape index (κ2) is 7.55. The van der Waals surface area contributed by atoms with Gasteiger partial charge in [-0.05, 0) is 54.7 Å². The molecule has 0 unspecified atom stereocenters. The highest BCUT2D eigenvalue weighted by Gasteiger charge is 2.19. The second-order valence-electron chi connectivity index (χ2n) is 5.06. The van der Waals surface area contributed by atoms with Crippen molar-refractivity contribution in [3.05, 3.63) is 42.5 Å². The van der Waals surface area contributed by atoms with E-state index in [9.17, 15) is 16.8 Å². The van der Waals surface area contributed by atoms with Crippen LogP contribution in [0.4, 0.5) is 11.4 Å². The molecule has 0 bridgehead atoms. The van der Waals surface area contributed by atoms with Crippen molar-refractivity contribution in [3.8, 4) is 5.75 Å². The predicted octanol–water partition coefficient (Wildman–Crippen LogP) is 0.799. The SMILES string of the molecule is COc1ccc(NC(=S)Nc2ccc(S(N)(=O)=O)cc2S(N)(=O)=O)cc1. The maximum Gasteiger partial charge on any atom is 0.240 e. The molecule has 0 heterocycles. The van der Waals surface area contributed by atoms with Gasteiger partial charge in [-0.2, -0.15) is 0 Å². The first kappa shape index (κ1) is 20.1. The smallest absolute Gasteiger partial charge is 0.240 e. The van der Waals surface area contributed by atoms with E-state index in [0.717, 1.165) is 12.1 Å². The number of nitrogens with two attached hydrogens (primary N) is 2. The average molecular weight is 417 g/mol. The number of hydrogen-bond acceptors (Lipinski definition) is 6. The minimum Gasteiger partial charge on any atom is -0.497 e. The normalized spacial score (nSPS) is 11.7. The Kier molecular flexibility index (Phi) is 5.83. The molecule has 0 saturated heterocycles. The summed E-state index contributed by atoms with van der Waals surface area (Å²) in [5.74, 6) is 0.657. The third-order valence-electron chi connectivity index (χ3n) is 3.18. The number of ether oxygens (including phenoxy) is 1. The zero-order chi connectivity index (χ0) is 19.5. The van der Waals surface area contributed by atoms with E-state index < -0.39 is 24.9 Å². The molecule has 0 spiro atoms. The second-order valence-corrected chi connectivity index (χ2v) is 8.56. The molecule has 9 nitrogen and oxygen atoms in total. The van der Waals surface area contributed by atoms with Gasteiger partial charge in [0.15, 0.2) is 5.11 Å². The summed E-state index contributed by atoms with van der Waals surface area (Å²) in [5.41, 5.74) is 0.632. The quantitative estimate of drug-likeness (QED) is 0.522. The maximum absolute atomic E-state index is 11.8. The molecule has 0 atom stereocenters. The Balaban J connectivity index is 2.28. The van der Waals surface area contributed by atoms with Crippen LogP contribution in [0.5, 0.6) is 5.75 Å². The van der Waals surface area contributed by atoms with E-state index in [1.54, 1.807) is 24.3 Å². The monoisotopic (exact) mass is 416 g/mol. The van der Waals surface area contributed by atoms with Crippen molar-refractivity contribution in [2.24, 2.45) is 10.3 Å². The summed E-state index contributed by atoms with van der Waals surface area (Å²) in [5, 5.41) is 15.8. The molecule has 0 aliphatic carbocycles. The van der Waals surface area contributed by atoms with Gasteiger partial charge in [0.05, 0.1) is 17.7 Å². The van der Waals surface area contributed by atoms with E-state index in [2.05, 4.69) is 10.6 Å². The lowest BCUT2D eigenvalue weighted by Gasteiger charge is -2.14. The Morgan fingerprint density at radius 1 is 0.962 bits per heavy atom.